The third-order valence-electron chi connectivity index (χ3n) is 3.63. The summed E-state index contributed by atoms with van der Waals surface area (Å²) >= 11 is 0. The highest BCUT2D eigenvalue weighted by molar-refractivity contribution is 5.46. The molecule has 1 aliphatic heterocycles. The number of hydrogen-bond acceptors (Lipinski definition) is 4. The van der Waals surface area contributed by atoms with Crippen LogP contribution in [-0.2, 0) is 11.2 Å². The summed E-state index contributed by atoms with van der Waals surface area (Å²) in [5.41, 5.74) is 2.36. The number of rotatable bonds is 4. The van der Waals surface area contributed by atoms with Crippen LogP contribution in [0, 0.1) is 0 Å². The van der Waals surface area contributed by atoms with Crippen LogP contribution in [0.4, 0.5) is 5.69 Å². The highest BCUT2D eigenvalue weighted by atomic mass is 16.5. The second-order valence-electron chi connectivity index (χ2n) is 5.01. The first-order valence-corrected chi connectivity index (χ1v) is 7.08. The summed E-state index contributed by atoms with van der Waals surface area (Å²) in [5, 5.41) is 0. The van der Waals surface area contributed by atoms with Gasteiger partial charge in [-0.05, 0) is 31.0 Å². The standard InChI is InChI=1S/C16H19N3O/c1-2-4-15(5-3-1)19-10-11-20-16(12-19)7-6-14-8-9-17-13-18-14/h1-5,8-9,13,16H,6-7,10-12H2. The minimum atomic E-state index is 0.277. The van der Waals surface area contributed by atoms with E-state index in [-0.39, 0.29) is 6.10 Å². The molecule has 0 spiro atoms. The zero-order chi connectivity index (χ0) is 13.6. The lowest BCUT2D eigenvalue weighted by Gasteiger charge is -2.34. The van der Waals surface area contributed by atoms with Crippen LogP contribution in [0.2, 0.25) is 0 Å². The van der Waals surface area contributed by atoms with E-state index >= 15 is 0 Å². The Morgan fingerprint density at radius 3 is 2.90 bits per heavy atom. The van der Waals surface area contributed by atoms with Gasteiger partial charge in [-0.15, -0.1) is 0 Å². The van der Waals surface area contributed by atoms with E-state index in [2.05, 4.69) is 45.2 Å². The maximum absolute atomic E-state index is 5.87. The van der Waals surface area contributed by atoms with Gasteiger partial charge in [-0.2, -0.15) is 0 Å². The SMILES string of the molecule is c1ccc(N2CCOC(CCc3ccncn3)C2)cc1. The first-order valence-electron chi connectivity index (χ1n) is 7.08. The van der Waals surface area contributed by atoms with Crippen molar-refractivity contribution in [2.24, 2.45) is 0 Å². The Bertz CT molecular complexity index is 518. The first kappa shape index (κ1) is 13.1. The number of para-hydroxylation sites is 1. The van der Waals surface area contributed by atoms with Crippen molar-refractivity contribution in [1.82, 2.24) is 9.97 Å². The molecule has 1 unspecified atom stereocenters. The van der Waals surface area contributed by atoms with Crippen LogP contribution < -0.4 is 4.90 Å². The van der Waals surface area contributed by atoms with Gasteiger partial charge in [0.1, 0.15) is 6.33 Å². The molecule has 0 radical (unpaired) electrons. The topological polar surface area (TPSA) is 38.2 Å². The number of hydrogen-bond donors (Lipinski definition) is 0. The molecule has 2 aromatic rings. The Morgan fingerprint density at radius 1 is 1.20 bits per heavy atom. The minimum absolute atomic E-state index is 0.277. The van der Waals surface area contributed by atoms with Gasteiger partial charge in [0.05, 0.1) is 12.7 Å². The Labute approximate surface area is 119 Å². The predicted octanol–water partition coefficient (Wildman–Crippen LogP) is 2.31. The highest BCUT2D eigenvalue weighted by Crippen LogP contribution is 2.19. The molecular formula is C16H19N3O. The van der Waals surface area contributed by atoms with Crippen molar-refractivity contribution in [2.75, 3.05) is 24.6 Å². The van der Waals surface area contributed by atoms with E-state index in [1.165, 1.54) is 5.69 Å². The number of aryl methyl sites for hydroxylation is 1. The van der Waals surface area contributed by atoms with Crippen LogP contribution in [0.5, 0.6) is 0 Å². The van der Waals surface area contributed by atoms with E-state index in [1.54, 1.807) is 12.5 Å². The van der Waals surface area contributed by atoms with E-state index in [4.69, 9.17) is 4.74 Å². The molecule has 1 fully saturated rings. The summed E-state index contributed by atoms with van der Waals surface area (Å²) in [6.45, 7) is 2.71. The van der Waals surface area contributed by atoms with E-state index in [1.807, 2.05) is 6.07 Å². The van der Waals surface area contributed by atoms with Gasteiger partial charge < -0.3 is 9.64 Å². The normalized spacial score (nSPS) is 19.0. The van der Waals surface area contributed by atoms with Gasteiger partial charge in [0.25, 0.3) is 0 Å². The maximum Gasteiger partial charge on any atom is 0.115 e. The summed E-state index contributed by atoms with van der Waals surface area (Å²) in [4.78, 5) is 10.6. The molecule has 1 aliphatic rings. The third kappa shape index (κ3) is 3.33. The van der Waals surface area contributed by atoms with Crippen molar-refractivity contribution in [1.29, 1.82) is 0 Å². The Kier molecular flexibility index (Phi) is 4.23. The number of aromatic nitrogens is 2. The lowest BCUT2D eigenvalue weighted by molar-refractivity contribution is 0.0353. The molecule has 1 aromatic heterocycles. The number of morpholine rings is 1. The van der Waals surface area contributed by atoms with Gasteiger partial charge in [0.15, 0.2) is 0 Å². The smallest absolute Gasteiger partial charge is 0.115 e. The fraction of sp³-hybridized carbons (Fsp3) is 0.375. The average Bonchev–Trinajstić information content (AvgIpc) is 2.55. The van der Waals surface area contributed by atoms with Crippen LogP contribution >= 0.6 is 0 Å². The number of benzene rings is 1. The van der Waals surface area contributed by atoms with Crippen molar-refractivity contribution in [3.8, 4) is 0 Å². The van der Waals surface area contributed by atoms with Gasteiger partial charge in [-0.25, -0.2) is 9.97 Å². The predicted molar refractivity (Wildman–Crippen MR) is 78.7 cm³/mol. The molecular weight excluding hydrogens is 250 g/mol. The van der Waals surface area contributed by atoms with Crippen LogP contribution in [0.3, 0.4) is 0 Å². The quantitative estimate of drug-likeness (QED) is 0.853. The molecule has 1 aromatic carbocycles. The van der Waals surface area contributed by atoms with Gasteiger partial charge in [0.2, 0.25) is 0 Å². The molecule has 2 heterocycles. The van der Waals surface area contributed by atoms with Crippen molar-refractivity contribution < 1.29 is 4.74 Å². The van der Waals surface area contributed by atoms with Gasteiger partial charge in [-0.3, -0.25) is 0 Å². The summed E-state index contributed by atoms with van der Waals surface area (Å²) in [5.74, 6) is 0. The lowest BCUT2D eigenvalue weighted by atomic mass is 10.1. The summed E-state index contributed by atoms with van der Waals surface area (Å²) in [6.07, 6.45) is 5.61. The molecule has 0 bridgehead atoms. The molecule has 0 amide bonds. The fourth-order valence-electron chi connectivity index (χ4n) is 2.54. The van der Waals surface area contributed by atoms with E-state index in [9.17, 15) is 0 Å². The summed E-state index contributed by atoms with van der Waals surface area (Å²) in [6, 6.07) is 12.5. The minimum Gasteiger partial charge on any atom is -0.375 e. The van der Waals surface area contributed by atoms with Gasteiger partial charge >= 0.3 is 0 Å². The van der Waals surface area contributed by atoms with Gasteiger partial charge in [-0.1, -0.05) is 18.2 Å². The Morgan fingerprint density at radius 2 is 2.10 bits per heavy atom. The highest BCUT2D eigenvalue weighted by Gasteiger charge is 2.20. The van der Waals surface area contributed by atoms with Crippen molar-refractivity contribution in [2.45, 2.75) is 18.9 Å². The fourth-order valence-corrected chi connectivity index (χ4v) is 2.54. The second kappa shape index (κ2) is 6.48. The molecule has 3 rings (SSSR count). The second-order valence-corrected chi connectivity index (χ2v) is 5.01. The summed E-state index contributed by atoms with van der Waals surface area (Å²) in [7, 11) is 0. The van der Waals surface area contributed by atoms with Crippen LogP contribution in [0.25, 0.3) is 0 Å². The van der Waals surface area contributed by atoms with E-state index < -0.39 is 0 Å². The molecule has 4 heteroatoms. The van der Waals surface area contributed by atoms with Crippen molar-refractivity contribution >= 4 is 5.69 Å². The number of ether oxygens (including phenoxy) is 1. The molecule has 4 nitrogen and oxygen atoms in total. The molecule has 0 aliphatic carbocycles. The van der Waals surface area contributed by atoms with Crippen molar-refractivity contribution in [3.05, 3.63) is 54.6 Å². The number of anilines is 1. The van der Waals surface area contributed by atoms with Crippen LogP contribution in [-0.4, -0.2) is 35.8 Å². The maximum atomic E-state index is 5.87. The van der Waals surface area contributed by atoms with E-state index in [0.717, 1.165) is 38.2 Å². The molecule has 1 atom stereocenters. The third-order valence-corrected chi connectivity index (χ3v) is 3.63. The first-order chi connectivity index (χ1) is 9.92. The van der Waals surface area contributed by atoms with Crippen molar-refractivity contribution in [3.63, 3.8) is 0 Å². The van der Waals surface area contributed by atoms with Crippen LogP contribution in [0.1, 0.15) is 12.1 Å². The average molecular weight is 269 g/mol. The van der Waals surface area contributed by atoms with Gasteiger partial charge in [0, 0.05) is 30.7 Å². The molecule has 0 N–H and O–H groups in total. The molecule has 20 heavy (non-hydrogen) atoms. The zero-order valence-electron chi connectivity index (χ0n) is 11.5. The zero-order valence-corrected chi connectivity index (χ0v) is 11.5. The van der Waals surface area contributed by atoms with E-state index in [0.29, 0.717) is 0 Å². The molecule has 104 valence electrons. The lowest BCUT2D eigenvalue weighted by Crippen LogP contribution is -2.42. The van der Waals surface area contributed by atoms with Crippen LogP contribution in [0.15, 0.2) is 48.9 Å². The monoisotopic (exact) mass is 269 g/mol. The molecule has 1 saturated heterocycles. The Hall–Kier alpha value is -1.94. The summed E-state index contributed by atoms with van der Waals surface area (Å²) < 4.78 is 5.87. The largest absolute Gasteiger partial charge is 0.375 e. The Balaban J connectivity index is 1.56. The number of nitrogens with zero attached hydrogens (tertiary/aromatic N) is 3. The molecule has 0 saturated carbocycles.